The van der Waals surface area contributed by atoms with Crippen molar-refractivity contribution in [3.8, 4) is 0 Å². The molecule has 0 radical (unpaired) electrons. The van der Waals surface area contributed by atoms with Gasteiger partial charge in [-0.15, -0.1) is 6.58 Å². The quantitative estimate of drug-likeness (QED) is 0.111. The van der Waals surface area contributed by atoms with Crippen molar-refractivity contribution in [3.05, 3.63) is 24.3 Å². The van der Waals surface area contributed by atoms with Gasteiger partial charge in [-0.2, -0.15) is 0 Å². The van der Waals surface area contributed by atoms with Gasteiger partial charge in [-0.25, -0.2) is 0 Å². The van der Waals surface area contributed by atoms with Crippen molar-refractivity contribution in [1.29, 1.82) is 0 Å². The van der Waals surface area contributed by atoms with Gasteiger partial charge in [0, 0.05) is 16.8 Å². The molecule has 0 aliphatic heterocycles. The van der Waals surface area contributed by atoms with Crippen molar-refractivity contribution >= 4 is 36.9 Å². The zero-order valence-electron chi connectivity index (χ0n) is 19.1. The maximum absolute atomic E-state index is 12.5. The molecular formula is C22H41IO3Si. The molecule has 0 bridgehead atoms. The van der Waals surface area contributed by atoms with E-state index in [1.165, 1.54) is 5.57 Å². The maximum atomic E-state index is 12.5. The van der Waals surface area contributed by atoms with Crippen molar-refractivity contribution in [3.63, 3.8) is 0 Å². The van der Waals surface area contributed by atoms with Crippen LogP contribution in [0.1, 0.15) is 61.8 Å². The molecule has 0 heterocycles. The van der Waals surface area contributed by atoms with Crippen LogP contribution in [0.3, 0.4) is 0 Å². The topological polar surface area (TPSA) is 35.5 Å². The van der Waals surface area contributed by atoms with Crippen molar-refractivity contribution in [1.82, 2.24) is 0 Å². The number of rotatable bonds is 9. The minimum Gasteiger partial charge on any atom is -0.461 e. The molecule has 27 heavy (non-hydrogen) atoms. The van der Waals surface area contributed by atoms with Gasteiger partial charge < -0.3 is 9.16 Å². The number of halogens is 1. The Bertz CT molecular complexity index is 527. The van der Waals surface area contributed by atoms with Gasteiger partial charge in [0.15, 0.2) is 8.32 Å². The van der Waals surface area contributed by atoms with Gasteiger partial charge in [-0.1, -0.05) is 62.4 Å². The van der Waals surface area contributed by atoms with Crippen molar-refractivity contribution in [2.45, 2.75) is 92.2 Å². The number of allylic oxidation sites excluding steroid dienone is 1. The van der Waals surface area contributed by atoms with Gasteiger partial charge in [0.05, 0.1) is 11.5 Å². The molecule has 0 fully saturated rings. The molecule has 0 unspecified atom stereocenters. The molecule has 5 heteroatoms. The second-order valence-corrected chi connectivity index (χ2v) is 15.6. The van der Waals surface area contributed by atoms with E-state index in [-0.39, 0.29) is 29.1 Å². The molecule has 0 saturated carbocycles. The molecule has 0 N–H and O–H groups in total. The molecule has 3 atom stereocenters. The summed E-state index contributed by atoms with van der Waals surface area (Å²) in [5, 5.41) is 0.117. The molecular weight excluding hydrogens is 467 g/mol. The standard InChI is InChI=1S/C22H41IO3Si/c1-12-13-18(25-20(24)21(4,5)6)17(3)19(16(2)14-15-23)26-27(10,11)22(7,8)9/h12,14,17-19H,1,13,15H2,2-11H3/b16-14-/t17-,18-,19-/m0/s1. The van der Waals surface area contributed by atoms with Crippen LogP contribution < -0.4 is 0 Å². The third-order valence-corrected chi connectivity index (χ3v) is 10.3. The van der Waals surface area contributed by atoms with Gasteiger partial charge in [-0.3, -0.25) is 4.79 Å². The maximum Gasteiger partial charge on any atom is 0.311 e. The summed E-state index contributed by atoms with van der Waals surface area (Å²) in [6.45, 7) is 25.1. The number of alkyl halides is 1. The molecule has 3 nitrogen and oxygen atoms in total. The van der Waals surface area contributed by atoms with E-state index >= 15 is 0 Å². The van der Waals surface area contributed by atoms with Gasteiger partial charge in [0.1, 0.15) is 6.10 Å². The number of hydrogen-bond donors (Lipinski definition) is 0. The fraction of sp³-hybridized carbons (Fsp3) is 0.773. The third-order valence-electron chi connectivity index (χ3n) is 5.41. The first-order valence-corrected chi connectivity index (χ1v) is 14.2. The first-order chi connectivity index (χ1) is 12.1. The van der Waals surface area contributed by atoms with Gasteiger partial charge >= 0.3 is 5.97 Å². The molecule has 0 rings (SSSR count). The van der Waals surface area contributed by atoms with E-state index < -0.39 is 13.7 Å². The Balaban J connectivity index is 5.81. The Kier molecular flexibility index (Phi) is 10.5. The third kappa shape index (κ3) is 8.40. The summed E-state index contributed by atoms with van der Waals surface area (Å²) in [7, 11) is -1.98. The number of carbonyl (C=O) groups excluding carboxylic acids is 1. The lowest BCUT2D eigenvalue weighted by molar-refractivity contribution is -0.162. The highest BCUT2D eigenvalue weighted by Gasteiger charge is 2.42. The highest BCUT2D eigenvalue weighted by atomic mass is 127. The van der Waals surface area contributed by atoms with Crippen molar-refractivity contribution < 1.29 is 14.0 Å². The predicted octanol–water partition coefficient (Wildman–Crippen LogP) is 6.93. The normalized spacial score (nSPS) is 17.2. The second kappa shape index (κ2) is 10.6. The van der Waals surface area contributed by atoms with Crippen molar-refractivity contribution in [2.24, 2.45) is 11.3 Å². The lowest BCUT2D eigenvalue weighted by Crippen LogP contribution is -2.48. The molecule has 0 aliphatic carbocycles. The highest BCUT2D eigenvalue weighted by Crippen LogP contribution is 2.40. The minimum absolute atomic E-state index is 0.0441. The van der Waals surface area contributed by atoms with E-state index in [1.54, 1.807) is 0 Å². The molecule has 0 aliphatic rings. The lowest BCUT2D eigenvalue weighted by Gasteiger charge is -2.42. The summed E-state index contributed by atoms with van der Waals surface area (Å²) in [5.74, 6) is -0.134. The van der Waals surface area contributed by atoms with E-state index in [4.69, 9.17) is 9.16 Å². The predicted molar refractivity (Wildman–Crippen MR) is 128 cm³/mol. The Morgan fingerprint density at radius 2 is 1.70 bits per heavy atom. The number of hydrogen-bond acceptors (Lipinski definition) is 3. The fourth-order valence-electron chi connectivity index (χ4n) is 2.39. The highest BCUT2D eigenvalue weighted by molar-refractivity contribution is 14.1. The molecule has 0 aromatic carbocycles. The van der Waals surface area contributed by atoms with Crippen LogP contribution in [0.15, 0.2) is 24.3 Å². The van der Waals surface area contributed by atoms with Crippen LogP contribution in [0.2, 0.25) is 18.1 Å². The van der Waals surface area contributed by atoms with Crippen LogP contribution in [0.4, 0.5) is 0 Å². The van der Waals surface area contributed by atoms with E-state index in [0.29, 0.717) is 6.42 Å². The molecule has 0 spiro atoms. The lowest BCUT2D eigenvalue weighted by atomic mass is 9.90. The molecule has 0 aromatic heterocycles. The van der Waals surface area contributed by atoms with Crippen LogP contribution >= 0.6 is 22.6 Å². The summed E-state index contributed by atoms with van der Waals surface area (Å²) in [4.78, 5) is 12.5. The Morgan fingerprint density at radius 1 is 1.19 bits per heavy atom. The summed E-state index contributed by atoms with van der Waals surface area (Å²) < 4.78 is 13.7. The largest absolute Gasteiger partial charge is 0.461 e. The smallest absolute Gasteiger partial charge is 0.311 e. The van der Waals surface area contributed by atoms with Crippen LogP contribution in [0.25, 0.3) is 0 Å². The summed E-state index contributed by atoms with van der Waals surface area (Å²) >= 11 is 2.36. The average molecular weight is 509 g/mol. The van der Waals surface area contributed by atoms with E-state index in [2.05, 4.69) is 83.0 Å². The molecule has 0 aromatic rings. The minimum atomic E-state index is -1.98. The van der Waals surface area contributed by atoms with Crippen LogP contribution in [0, 0.1) is 11.3 Å². The summed E-state index contributed by atoms with van der Waals surface area (Å²) in [6, 6.07) is 0. The number of ether oxygens (including phenoxy) is 1. The Labute approximate surface area is 182 Å². The van der Waals surface area contributed by atoms with Gasteiger partial charge in [0.25, 0.3) is 0 Å². The van der Waals surface area contributed by atoms with Crippen LogP contribution in [0.5, 0.6) is 0 Å². The first kappa shape index (κ1) is 26.9. The zero-order valence-corrected chi connectivity index (χ0v) is 22.3. The SMILES string of the molecule is C=CC[C@H](OC(=O)C(C)(C)C)[C@H](C)[C@@H](O[Si](C)(C)C(C)(C)C)/C(C)=C\CI. The van der Waals surface area contributed by atoms with Gasteiger partial charge in [-0.05, 0) is 51.4 Å². The summed E-state index contributed by atoms with van der Waals surface area (Å²) in [5.41, 5.74) is 0.685. The van der Waals surface area contributed by atoms with E-state index in [0.717, 1.165) is 4.43 Å². The summed E-state index contributed by atoms with van der Waals surface area (Å²) in [6.07, 6.45) is 4.35. The molecule has 0 saturated heterocycles. The van der Waals surface area contributed by atoms with Crippen molar-refractivity contribution in [2.75, 3.05) is 4.43 Å². The van der Waals surface area contributed by atoms with Crippen LogP contribution in [-0.4, -0.2) is 30.9 Å². The fourth-order valence-corrected chi connectivity index (χ4v) is 4.47. The van der Waals surface area contributed by atoms with Gasteiger partial charge in [0.2, 0.25) is 0 Å². The Morgan fingerprint density at radius 3 is 2.07 bits per heavy atom. The van der Waals surface area contributed by atoms with Crippen LogP contribution in [-0.2, 0) is 14.0 Å². The number of esters is 1. The molecule has 0 amide bonds. The van der Waals surface area contributed by atoms with E-state index in [1.807, 2.05) is 26.8 Å². The first-order valence-electron chi connectivity index (χ1n) is 9.81. The molecule has 158 valence electrons. The number of carbonyl (C=O) groups is 1. The second-order valence-electron chi connectivity index (χ2n) is 9.98. The average Bonchev–Trinajstić information content (AvgIpc) is 2.49. The van der Waals surface area contributed by atoms with E-state index in [9.17, 15) is 4.79 Å². The Hall–Kier alpha value is -0.143. The monoisotopic (exact) mass is 508 g/mol. The zero-order chi connectivity index (χ0) is 21.6.